The Labute approximate surface area is 147 Å². The summed E-state index contributed by atoms with van der Waals surface area (Å²) < 4.78 is 28.9. The van der Waals surface area contributed by atoms with Gasteiger partial charge in [0.2, 0.25) is 5.91 Å². The number of anilines is 2. The number of rotatable bonds is 4. The fourth-order valence-electron chi connectivity index (χ4n) is 2.43. The van der Waals surface area contributed by atoms with Crippen LogP contribution in [0.15, 0.2) is 36.7 Å². The van der Waals surface area contributed by atoms with Gasteiger partial charge in [-0.25, -0.2) is 13.8 Å². The van der Waals surface area contributed by atoms with Crippen LogP contribution in [0.4, 0.5) is 20.3 Å². The monoisotopic (exact) mass is 364 g/mol. The van der Waals surface area contributed by atoms with Gasteiger partial charge in [0.15, 0.2) is 5.82 Å². The predicted octanol–water partition coefficient (Wildman–Crippen LogP) is 3.80. The first-order chi connectivity index (χ1) is 11.9. The number of aromatic nitrogens is 2. The number of halogens is 3. The van der Waals surface area contributed by atoms with Crippen LogP contribution in [0.5, 0.6) is 0 Å². The molecule has 3 rings (SSSR count). The molecule has 5 nitrogen and oxygen atoms in total. The van der Waals surface area contributed by atoms with Crippen LogP contribution >= 0.6 is 11.6 Å². The first kappa shape index (κ1) is 17.2. The number of amides is 1. The Kier molecular flexibility index (Phi) is 4.59. The van der Waals surface area contributed by atoms with Gasteiger partial charge in [-0.2, -0.15) is 0 Å². The Morgan fingerprint density at radius 2 is 2.08 bits per heavy atom. The fraction of sp³-hybridized carbons (Fsp3) is 0.176. The lowest BCUT2D eigenvalue weighted by Gasteiger charge is -2.12. The van der Waals surface area contributed by atoms with Gasteiger partial charge in [-0.3, -0.25) is 4.79 Å². The molecule has 8 heteroatoms. The number of nitrogens with zero attached hydrogens (tertiary/aromatic N) is 3. The van der Waals surface area contributed by atoms with Gasteiger partial charge in [-0.1, -0.05) is 11.6 Å². The molecule has 0 radical (unpaired) electrons. The predicted molar refractivity (Wildman–Crippen MR) is 93.1 cm³/mol. The highest BCUT2D eigenvalue weighted by Crippen LogP contribution is 2.31. The van der Waals surface area contributed by atoms with Crippen LogP contribution in [0.1, 0.15) is 0 Å². The third kappa shape index (κ3) is 3.41. The van der Waals surface area contributed by atoms with Gasteiger partial charge in [-0.05, 0) is 18.2 Å². The van der Waals surface area contributed by atoms with E-state index in [1.807, 2.05) is 0 Å². The molecule has 2 heterocycles. The van der Waals surface area contributed by atoms with Crippen molar-refractivity contribution in [3.8, 4) is 0 Å². The van der Waals surface area contributed by atoms with Crippen molar-refractivity contribution in [3.63, 3.8) is 0 Å². The second-order valence-electron chi connectivity index (χ2n) is 5.69. The third-order valence-electron chi connectivity index (χ3n) is 3.75. The first-order valence-corrected chi connectivity index (χ1v) is 7.80. The number of benzene rings is 1. The summed E-state index contributed by atoms with van der Waals surface area (Å²) in [6.07, 6.45) is 3.29. The number of likely N-dealkylation sites (N-methyl/N-ethyl adjacent to an activating group) is 1. The maximum absolute atomic E-state index is 14.0. The van der Waals surface area contributed by atoms with E-state index in [0.717, 1.165) is 17.6 Å². The number of hydrogen-bond acceptors (Lipinski definition) is 3. The molecule has 25 heavy (non-hydrogen) atoms. The summed E-state index contributed by atoms with van der Waals surface area (Å²) in [5.74, 6) is -1.27. The van der Waals surface area contributed by atoms with E-state index < -0.39 is 11.6 Å². The van der Waals surface area contributed by atoms with Crippen molar-refractivity contribution >= 4 is 39.9 Å². The van der Waals surface area contributed by atoms with E-state index in [4.69, 9.17) is 11.6 Å². The normalized spacial score (nSPS) is 10.9. The zero-order valence-corrected chi connectivity index (χ0v) is 14.3. The lowest BCUT2D eigenvalue weighted by molar-refractivity contribution is -0.129. The summed E-state index contributed by atoms with van der Waals surface area (Å²) in [6, 6.07) is 5.29. The Morgan fingerprint density at radius 3 is 2.76 bits per heavy atom. The number of carbonyl (C=O) groups excluding carboxylic acids is 1. The van der Waals surface area contributed by atoms with Crippen molar-refractivity contribution in [1.29, 1.82) is 0 Å². The van der Waals surface area contributed by atoms with Crippen LogP contribution < -0.4 is 5.32 Å². The molecule has 1 amide bonds. The molecule has 0 saturated heterocycles. The van der Waals surface area contributed by atoms with Crippen LogP contribution in [0, 0.1) is 11.6 Å². The van der Waals surface area contributed by atoms with Crippen molar-refractivity contribution in [2.75, 3.05) is 19.4 Å². The SMILES string of the molecule is CN(C)C(=O)Cn1ccc2c(Nc3c(F)cc(F)cc3Cl)nccc21. The Bertz CT molecular complexity index is 932. The Hall–Kier alpha value is -2.67. The van der Waals surface area contributed by atoms with E-state index in [-0.39, 0.29) is 23.2 Å². The standard InChI is InChI=1S/C17H15ClF2N4O/c1-23(2)15(25)9-24-6-4-11-14(24)3-5-21-17(11)22-16-12(18)7-10(19)8-13(16)20/h3-8H,9H2,1-2H3,(H,21,22). The van der Waals surface area contributed by atoms with E-state index >= 15 is 0 Å². The van der Waals surface area contributed by atoms with Crippen molar-refractivity contribution in [3.05, 3.63) is 53.3 Å². The number of nitrogens with one attached hydrogen (secondary N) is 1. The summed E-state index contributed by atoms with van der Waals surface area (Å²) in [5.41, 5.74) is 0.700. The number of pyridine rings is 1. The van der Waals surface area contributed by atoms with Crippen LogP contribution in [0.3, 0.4) is 0 Å². The highest BCUT2D eigenvalue weighted by atomic mass is 35.5. The Balaban J connectivity index is 1.99. The van der Waals surface area contributed by atoms with Crippen molar-refractivity contribution in [2.45, 2.75) is 6.54 Å². The third-order valence-corrected chi connectivity index (χ3v) is 4.05. The van der Waals surface area contributed by atoms with Crippen molar-refractivity contribution in [2.24, 2.45) is 0 Å². The molecule has 0 unspecified atom stereocenters. The summed E-state index contributed by atoms with van der Waals surface area (Å²) >= 11 is 5.92. The molecular weight excluding hydrogens is 350 g/mol. The van der Waals surface area contributed by atoms with Gasteiger partial charge in [-0.15, -0.1) is 0 Å². The maximum Gasteiger partial charge on any atom is 0.241 e. The number of fused-ring (bicyclic) bond motifs is 1. The summed E-state index contributed by atoms with van der Waals surface area (Å²) in [5, 5.41) is 3.41. The minimum atomic E-state index is -0.814. The van der Waals surface area contributed by atoms with Gasteiger partial charge in [0.05, 0.1) is 16.2 Å². The fourth-order valence-corrected chi connectivity index (χ4v) is 2.67. The first-order valence-electron chi connectivity index (χ1n) is 7.42. The van der Waals surface area contributed by atoms with E-state index in [1.165, 1.54) is 11.1 Å². The van der Waals surface area contributed by atoms with E-state index in [9.17, 15) is 13.6 Å². The average molecular weight is 365 g/mol. The lowest BCUT2D eigenvalue weighted by Crippen LogP contribution is -2.25. The highest BCUT2D eigenvalue weighted by molar-refractivity contribution is 6.33. The van der Waals surface area contributed by atoms with Crippen LogP contribution in [-0.2, 0) is 11.3 Å². The smallest absolute Gasteiger partial charge is 0.241 e. The highest BCUT2D eigenvalue weighted by Gasteiger charge is 2.14. The molecule has 1 N–H and O–H groups in total. The van der Waals surface area contributed by atoms with Crippen LogP contribution in [-0.4, -0.2) is 34.5 Å². The molecular formula is C17H15ClF2N4O. The summed E-state index contributed by atoms with van der Waals surface area (Å²) in [7, 11) is 3.36. The summed E-state index contributed by atoms with van der Waals surface area (Å²) in [4.78, 5) is 17.6. The van der Waals surface area contributed by atoms with Gasteiger partial charge in [0.1, 0.15) is 18.2 Å². The largest absolute Gasteiger partial charge is 0.347 e. The van der Waals surface area contributed by atoms with Crippen LogP contribution in [0.25, 0.3) is 10.9 Å². The molecule has 1 aromatic carbocycles. The quantitative estimate of drug-likeness (QED) is 0.766. The molecule has 130 valence electrons. The van der Waals surface area contributed by atoms with Crippen molar-refractivity contribution < 1.29 is 13.6 Å². The van der Waals surface area contributed by atoms with E-state index in [1.54, 1.807) is 37.0 Å². The lowest BCUT2D eigenvalue weighted by atomic mass is 10.2. The minimum absolute atomic E-state index is 0.0554. The zero-order valence-electron chi connectivity index (χ0n) is 13.6. The van der Waals surface area contributed by atoms with Gasteiger partial charge in [0.25, 0.3) is 0 Å². The maximum atomic E-state index is 14.0. The molecule has 0 bridgehead atoms. The molecule has 0 fully saturated rings. The minimum Gasteiger partial charge on any atom is -0.347 e. The van der Waals surface area contributed by atoms with Gasteiger partial charge >= 0.3 is 0 Å². The average Bonchev–Trinajstić information content (AvgIpc) is 2.94. The second kappa shape index (κ2) is 6.68. The molecule has 0 aliphatic heterocycles. The molecule has 0 spiro atoms. The molecule has 0 aliphatic carbocycles. The molecule has 3 aromatic rings. The topological polar surface area (TPSA) is 50.2 Å². The second-order valence-corrected chi connectivity index (χ2v) is 6.10. The molecule has 0 atom stereocenters. The van der Waals surface area contributed by atoms with E-state index in [2.05, 4.69) is 10.3 Å². The molecule has 0 saturated carbocycles. The van der Waals surface area contributed by atoms with Gasteiger partial charge < -0.3 is 14.8 Å². The molecule has 2 aromatic heterocycles. The van der Waals surface area contributed by atoms with E-state index in [0.29, 0.717) is 11.2 Å². The zero-order chi connectivity index (χ0) is 18.1. The number of carbonyl (C=O) groups is 1. The van der Waals surface area contributed by atoms with Crippen LogP contribution in [0.2, 0.25) is 5.02 Å². The Morgan fingerprint density at radius 1 is 1.32 bits per heavy atom. The van der Waals surface area contributed by atoms with Gasteiger partial charge in [0, 0.05) is 37.9 Å². The summed E-state index contributed by atoms with van der Waals surface area (Å²) in [6.45, 7) is 0.172. The molecule has 0 aliphatic rings. The number of hydrogen-bond donors (Lipinski definition) is 1. The van der Waals surface area contributed by atoms with Crippen molar-refractivity contribution in [1.82, 2.24) is 14.5 Å².